The fourth-order valence-corrected chi connectivity index (χ4v) is 5.77. The van der Waals surface area contributed by atoms with Gasteiger partial charge in [0, 0.05) is 0 Å². The normalized spacial score (nSPS) is 16.4. The van der Waals surface area contributed by atoms with E-state index in [4.69, 9.17) is 4.74 Å². The lowest BCUT2D eigenvalue weighted by molar-refractivity contribution is -0.123. The topological polar surface area (TPSA) is 84.5 Å². The van der Waals surface area contributed by atoms with Crippen LogP contribution in [0.4, 0.5) is 0 Å². The van der Waals surface area contributed by atoms with E-state index < -0.39 is 16.1 Å². The Kier molecular flexibility index (Phi) is 7.34. The van der Waals surface area contributed by atoms with E-state index in [9.17, 15) is 13.2 Å². The van der Waals surface area contributed by atoms with Gasteiger partial charge in [-0.1, -0.05) is 54.6 Å². The third-order valence-electron chi connectivity index (χ3n) is 6.26. The molecule has 34 heavy (non-hydrogen) atoms. The highest BCUT2D eigenvalue weighted by molar-refractivity contribution is 7.89. The molecule has 0 fully saturated rings. The Morgan fingerprint density at radius 3 is 2.53 bits per heavy atom. The van der Waals surface area contributed by atoms with Crippen molar-refractivity contribution in [1.29, 1.82) is 0 Å². The molecule has 4 rings (SSSR count). The summed E-state index contributed by atoms with van der Waals surface area (Å²) in [5.41, 5.74) is 3.91. The average Bonchev–Trinajstić information content (AvgIpc) is 2.84. The molecular weight excluding hydrogens is 448 g/mol. The molecular formula is C27H30N2O4S. The molecule has 0 saturated carbocycles. The van der Waals surface area contributed by atoms with E-state index in [2.05, 4.69) is 16.1 Å². The molecule has 0 radical (unpaired) electrons. The number of fused-ring (bicyclic) bond motifs is 1. The molecule has 0 saturated heterocycles. The standard InChI is InChI=1S/C27H30N2O4S/c1-19-17-22(15-16-26(19)33-2)34(31,32)29-25(18-20-9-4-3-5-10-20)27(30)28-24-14-8-12-21-11-6-7-13-23(21)24/h3-7,9-11,13,15-17,24-25,29H,8,12,14,18H2,1-2H3,(H,28,30). The van der Waals surface area contributed by atoms with Crippen LogP contribution in [0.2, 0.25) is 0 Å². The molecule has 0 bridgehead atoms. The van der Waals surface area contributed by atoms with Crippen LogP contribution in [0.5, 0.6) is 5.75 Å². The van der Waals surface area contributed by atoms with Gasteiger partial charge in [0.25, 0.3) is 0 Å². The zero-order chi connectivity index (χ0) is 24.1. The van der Waals surface area contributed by atoms with Crippen LogP contribution in [0, 0.1) is 6.92 Å². The summed E-state index contributed by atoms with van der Waals surface area (Å²) >= 11 is 0. The third kappa shape index (κ3) is 5.48. The number of methoxy groups -OCH3 is 1. The van der Waals surface area contributed by atoms with Gasteiger partial charge in [0.15, 0.2) is 0 Å². The number of carbonyl (C=O) groups is 1. The maximum absolute atomic E-state index is 13.4. The van der Waals surface area contributed by atoms with E-state index in [1.54, 1.807) is 26.2 Å². The third-order valence-corrected chi connectivity index (χ3v) is 7.73. The van der Waals surface area contributed by atoms with E-state index in [1.165, 1.54) is 11.6 Å². The number of aryl methyl sites for hydroxylation is 2. The zero-order valence-corrected chi connectivity index (χ0v) is 20.3. The smallest absolute Gasteiger partial charge is 0.241 e. The highest BCUT2D eigenvalue weighted by Gasteiger charge is 2.29. The highest BCUT2D eigenvalue weighted by atomic mass is 32.2. The van der Waals surface area contributed by atoms with Crippen LogP contribution in [0.3, 0.4) is 0 Å². The number of carbonyl (C=O) groups excluding carboxylic acids is 1. The van der Waals surface area contributed by atoms with Gasteiger partial charge in [0.2, 0.25) is 15.9 Å². The quantitative estimate of drug-likeness (QED) is 0.511. The van der Waals surface area contributed by atoms with Crippen LogP contribution in [0.1, 0.15) is 41.1 Å². The summed E-state index contributed by atoms with van der Waals surface area (Å²) in [7, 11) is -2.40. The van der Waals surface area contributed by atoms with Crippen molar-refractivity contribution in [2.45, 2.75) is 49.6 Å². The fraction of sp³-hybridized carbons (Fsp3) is 0.296. The van der Waals surface area contributed by atoms with Crippen molar-refractivity contribution in [3.8, 4) is 5.75 Å². The molecule has 3 aromatic carbocycles. The summed E-state index contributed by atoms with van der Waals surface area (Å²) < 4.78 is 34.4. The number of hydrogen-bond acceptors (Lipinski definition) is 4. The first-order chi connectivity index (χ1) is 16.4. The van der Waals surface area contributed by atoms with Crippen molar-refractivity contribution in [2.24, 2.45) is 0 Å². The second kappa shape index (κ2) is 10.4. The van der Waals surface area contributed by atoms with E-state index in [1.807, 2.05) is 48.5 Å². The van der Waals surface area contributed by atoms with Gasteiger partial charge in [0.05, 0.1) is 18.0 Å². The minimum atomic E-state index is -3.94. The van der Waals surface area contributed by atoms with Crippen LogP contribution < -0.4 is 14.8 Å². The largest absolute Gasteiger partial charge is 0.496 e. The van der Waals surface area contributed by atoms with Crippen molar-refractivity contribution in [3.63, 3.8) is 0 Å². The summed E-state index contributed by atoms with van der Waals surface area (Å²) in [6, 6.07) is 21.1. The van der Waals surface area contributed by atoms with E-state index >= 15 is 0 Å². The maximum atomic E-state index is 13.4. The monoisotopic (exact) mass is 478 g/mol. The van der Waals surface area contributed by atoms with Gasteiger partial charge < -0.3 is 10.1 Å². The predicted octanol–water partition coefficient (Wildman–Crippen LogP) is 4.09. The Labute approximate surface area is 201 Å². The maximum Gasteiger partial charge on any atom is 0.241 e. The molecule has 3 aromatic rings. The van der Waals surface area contributed by atoms with Crippen molar-refractivity contribution >= 4 is 15.9 Å². The summed E-state index contributed by atoms with van der Waals surface area (Å²) in [6.45, 7) is 1.78. The molecule has 1 aliphatic rings. The second-order valence-electron chi connectivity index (χ2n) is 8.65. The average molecular weight is 479 g/mol. The number of hydrogen-bond donors (Lipinski definition) is 2. The fourth-order valence-electron chi connectivity index (χ4n) is 4.49. The lowest BCUT2D eigenvalue weighted by atomic mass is 9.87. The van der Waals surface area contributed by atoms with E-state index in [0.29, 0.717) is 11.3 Å². The predicted molar refractivity (Wildman–Crippen MR) is 132 cm³/mol. The van der Waals surface area contributed by atoms with Crippen molar-refractivity contribution in [1.82, 2.24) is 10.0 Å². The lowest BCUT2D eigenvalue weighted by Gasteiger charge is -2.28. The van der Waals surface area contributed by atoms with Gasteiger partial charge >= 0.3 is 0 Å². The van der Waals surface area contributed by atoms with Gasteiger partial charge in [-0.25, -0.2) is 8.42 Å². The minimum Gasteiger partial charge on any atom is -0.496 e. The number of ether oxygens (including phenoxy) is 1. The Morgan fingerprint density at radius 2 is 1.79 bits per heavy atom. The number of sulfonamides is 1. The van der Waals surface area contributed by atoms with E-state index in [-0.39, 0.29) is 23.3 Å². The SMILES string of the molecule is COc1ccc(S(=O)(=O)NC(Cc2ccccc2)C(=O)NC2CCCc3ccccc32)cc1C. The number of rotatable bonds is 8. The first-order valence-corrected chi connectivity index (χ1v) is 12.9. The number of amides is 1. The van der Waals surface area contributed by atoms with Crippen LogP contribution in [0.15, 0.2) is 77.7 Å². The molecule has 178 valence electrons. The van der Waals surface area contributed by atoms with Gasteiger partial charge in [-0.05, 0) is 73.1 Å². The Morgan fingerprint density at radius 1 is 1.06 bits per heavy atom. The first kappa shape index (κ1) is 24.0. The Balaban J connectivity index is 1.59. The Bertz CT molecular complexity index is 1260. The Hall–Kier alpha value is -3.16. The molecule has 0 aliphatic heterocycles. The van der Waals surface area contributed by atoms with E-state index in [0.717, 1.165) is 30.4 Å². The molecule has 0 spiro atoms. The summed E-state index contributed by atoms with van der Waals surface area (Å²) in [5.74, 6) is 0.271. The molecule has 0 heterocycles. The summed E-state index contributed by atoms with van der Waals surface area (Å²) in [5, 5.41) is 3.11. The van der Waals surface area contributed by atoms with Gasteiger partial charge in [-0.2, -0.15) is 4.72 Å². The van der Waals surface area contributed by atoms with Gasteiger partial charge in [0.1, 0.15) is 11.8 Å². The summed E-state index contributed by atoms with van der Waals surface area (Å²) in [6.07, 6.45) is 3.03. The lowest BCUT2D eigenvalue weighted by Crippen LogP contribution is -2.49. The van der Waals surface area contributed by atoms with Crippen LogP contribution in [-0.4, -0.2) is 27.5 Å². The highest BCUT2D eigenvalue weighted by Crippen LogP contribution is 2.29. The molecule has 7 heteroatoms. The second-order valence-corrected chi connectivity index (χ2v) is 10.4. The molecule has 2 atom stereocenters. The van der Waals surface area contributed by atoms with Crippen molar-refractivity contribution < 1.29 is 17.9 Å². The molecule has 1 amide bonds. The van der Waals surface area contributed by atoms with Crippen LogP contribution >= 0.6 is 0 Å². The zero-order valence-electron chi connectivity index (χ0n) is 19.5. The number of nitrogens with one attached hydrogen (secondary N) is 2. The van der Waals surface area contributed by atoms with Crippen molar-refractivity contribution in [2.75, 3.05) is 7.11 Å². The van der Waals surface area contributed by atoms with Gasteiger partial charge in [-0.15, -0.1) is 0 Å². The van der Waals surface area contributed by atoms with Crippen LogP contribution in [0.25, 0.3) is 0 Å². The van der Waals surface area contributed by atoms with Crippen molar-refractivity contribution in [3.05, 3.63) is 95.1 Å². The molecule has 2 unspecified atom stereocenters. The molecule has 2 N–H and O–H groups in total. The van der Waals surface area contributed by atoms with Gasteiger partial charge in [-0.3, -0.25) is 4.79 Å². The summed E-state index contributed by atoms with van der Waals surface area (Å²) in [4.78, 5) is 13.5. The number of benzene rings is 3. The molecule has 6 nitrogen and oxygen atoms in total. The van der Waals surface area contributed by atoms with Crippen LogP contribution in [-0.2, 0) is 27.7 Å². The first-order valence-electron chi connectivity index (χ1n) is 11.5. The molecule has 0 aromatic heterocycles. The molecule has 1 aliphatic carbocycles. The minimum absolute atomic E-state index is 0.0969.